The third kappa shape index (κ3) is 28.1. The monoisotopic (exact) mass is 364 g/mol. The van der Waals surface area contributed by atoms with Gasteiger partial charge in [0.25, 0.3) is 0 Å². The van der Waals surface area contributed by atoms with Crippen LogP contribution in [0.4, 0.5) is 0 Å². The van der Waals surface area contributed by atoms with Gasteiger partial charge in [0.05, 0.1) is 0 Å². The van der Waals surface area contributed by atoms with Crippen molar-refractivity contribution in [3.05, 3.63) is 69.1 Å². The van der Waals surface area contributed by atoms with Gasteiger partial charge in [-0.05, 0) is 0 Å². The molecule has 0 spiro atoms. The van der Waals surface area contributed by atoms with E-state index in [1.807, 2.05) is 37.3 Å². The average Bonchev–Trinajstić information content (AvgIpc) is 2.73. The molecule has 0 heterocycles. The number of hydrogen-bond acceptors (Lipinski definition) is 1. The zero-order valence-corrected chi connectivity index (χ0v) is 13.9. The molecule has 0 bridgehead atoms. The predicted molar refractivity (Wildman–Crippen MR) is 74.2 cm³/mol. The summed E-state index contributed by atoms with van der Waals surface area (Å²) in [5.74, 6) is 5.78. The van der Waals surface area contributed by atoms with Crippen molar-refractivity contribution in [3.8, 4) is 11.8 Å². The Morgan fingerprint density at radius 3 is 1.71 bits per heavy atom. The van der Waals surface area contributed by atoms with Gasteiger partial charge in [-0.2, -0.15) is 0 Å². The van der Waals surface area contributed by atoms with Crippen molar-refractivity contribution in [2.75, 3.05) is 6.61 Å². The second-order valence-electron chi connectivity index (χ2n) is 2.68. The van der Waals surface area contributed by atoms with E-state index in [4.69, 9.17) is 28.0 Å². The van der Waals surface area contributed by atoms with Crippen LogP contribution >= 0.6 is 0 Å². The first-order valence-corrected chi connectivity index (χ1v) is 6.12. The molecule has 0 aliphatic carbocycles. The van der Waals surface area contributed by atoms with Crippen LogP contribution in [0.25, 0.3) is 0 Å². The number of hydrogen-bond donors (Lipinski definition) is 0. The van der Waals surface area contributed by atoms with Crippen molar-refractivity contribution in [1.82, 2.24) is 0 Å². The molecule has 24 heavy (non-hydrogen) atoms. The van der Waals surface area contributed by atoms with Gasteiger partial charge < -0.3 is 0 Å². The molecule has 7 heteroatoms. The van der Waals surface area contributed by atoms with E-state index in [2.05, 4.69) is 60.9 Å². The summed E-state index contributed by atoms with van der Waals surface area (Å²) >= 11 is 2.92. The van der Waals surface area contributed by atoms with Gasteiger partial charge in [-0.1, -0.05) is 0 Å². The van der Waals surface area contributed by atoms with Gasteiger partial charge in [0, 0.05) is 0 Å². The van der Waals surface area contributed by atoms with Crippen LogP contribution in [0.5, 0.6) is 0 Å². The van der Waals surface area contributed by atoms with E-state index < -0.39 is 0 Å². The molecule has 6 nitrogen and oxygen atoms in total. The zero-order valence-electron chi connectivity index (χ0n) is 12.7. The summed E-state index contributed by atoms with van der Waals surface area (Å²) in [6, 6.07) is 9.98. The third-order valence-corrected chi connectivity index (χ3v) is 2.20. The third-order valence-electron chi connectivity index (χ3n) is 1.65. The van der Waals surface area contributed by atoms with E-state index in [-0.39, 0.29) is 0 Å². The molecule has 0 aromatic heterocycles. The van der Waals surface area contributed by atoms with Gasteiger partial charge in [0.15, 0.2) is 0 Å². The number of ether oxygens (including phenoxy) is 1. The van der Waals surface area contributed by atoms with Crippen molar-refractivity contribution in [2.24, 2.45) is 0 Å². The SMILES string of the molecule is CC#CCCO[C](=[Cr])c1ccccc1.[C-]#[O+].[C-]#[O+].[C-]#[O+].[C-]#[O+].[C-]#[O+]. The summed E-state index contributed by atoms with van der Waals surface area (Å²) in [6.45, 7) is 25.0. The van der Waals surface area contributed by atoms with Crippen LogP contribution in [0.3, 0.4) is 0 Å². The summed E-state index contributed by atoms with van der Waals surface area (Å²) in [5, 5.41) is 0. The summed E-state index contributed by atoms with van der Waals surface area (Å²) < 4.78 is 43.8. The predicted octanol–water partition coefficient (Wildman–Crippen LogP) is 1.95. The van der Waals surface area contributed by atoms with E-state index in [0.29, 0.717) is 6.61 Å². The zero-order chi connectivity index (χ0) is 20.2. The summed E-state index contributed by atoms with van der Waals surface area (Å²) in [4.78, 5) is 0. The molecule has 0 aliphatic heterocycles. The molecule has 0 unspecified atom stereocenters. The maximum absolute atomic E-state index is 7.50. The Bertz CT molecular complexity index is 509. The first-order valence-electron chi connectivity index (χ1n) is 5.48. The minimum atomic E-state index is 0.637. The van der Waals surface area contributed by atoms with E-state index in [0.717, 1.165) is 16.6 Å². The Kier molecular flexibility index (Phi) is 59.7. The summed E-state index contributed by atoms with van der Waals surface area (Å²) in [5.41, 5.74) is 1.08. The Morgan fingerprint density at radius 1 is 0.917 bits per heavy atom. The first kappa shape index (κ1) is 33.4. The Balaban J connectivity index is -0.000000103. The molecular formula is C17H12CrO6. The molecule has 1 aromatic rings. The normalized spacial score (nSPS) is 5.62. The van der Waals surface area contributed by atoms with Crippen LogP contribution in [0.1, 0.15) is 18.9 Å². The summed E-state index contributed by atoms with van der Waals surface area (Å²) in [6.07, 6.45) is 0.772. The molecular weight excluding hydrogens is 352 g/mol. The molecule has 122 valence electrons. The molecule has 0 radical (unpaired) electrons. The van der Waals surface area contributed by atoms with Gasteiger partial charge in [0.1, 0.15) is 0 Å². The van der Waals surface area contributed by atoms with Crippen LogP contribution in [-0.4, -0.2) is 11.2 Å². The molecule has 0 amide bonds. The Labute approximate surface area is 149 Å². The Hall–Kier alpha value is -2.16. The molecule has 1 rings (SSSR count). The van der Waals surface area contributed by atoms with Gasteiger partial charge >= 0.3 is 149 Å². The van der Waals surface area contributed by atoms with Gasteiger partial charge in [0.2, 0.25) is 0 Å². The molecule has 0 saturated heterocycles. The van der Waals surface area contributed by atoms with Crippen molar-refractivity contribution in [1.29, 1.82) is 0 Å². The molecule has 0 saturated carbocycles. The number of benzene rings is 1. The van der Waals surface area contributed by atoms with Crippen molar-refractivity contribution >= 4 is 4.57 Å². The van der Waals surface area contributed by atoms with Gasteiger partial charge in [-0.25, -0.2) is 0 Å². The van der Waals surface area contributed by atoms with E-state index in [1.54, 1.807) is 0 Å². The fourth-order valence-electron chi connectivity index (χ4n) is 0.977. The van der Waals surface area contributed by atoms with Crippen molar-refractivity contribution in [3.63, 3.8) is 0 Å². The topological polar surface area (TPSA) is 109 Å². The van der Waals surface area contributed by atoms with Gasteiger partial charge in [-0.3, -0.25) is 0 Å². The molecule has 0 atom stereocenters. The molecule has 1 aromatic carbocycles. The molecule has 0 aliphatic rings. The van der Waals surface area contributed by atoms with Crippen LogP contribution in [0.15, 0.2) is 30.3 Å². The first-order chi connectivity index (χ1) is 11.8. The molecule has 0 fully saturated rings. The van der Waals surface area contributed by atoms with E-state index in [1.165, 1.54) is 0 Å². The summed E-state index contributed by atoms with van der Waals surface area (Å²) in [7, 11) is 0. The van der Waals surface area contributed by atoms with Crippen LogP contribution < -0.4 is 0 Å². The number of rotatable bonds is 4. The van der Waals surface area contributed by atoms with E-state index in [9.17, 15) is 0 Å². The second kappa shape index (κ2) is 42.8. The van der Waals surface area contributed by atoms with Crippen molar-refractivity contribution < 1.29 is 43.8 Å². The minimum absolute atomic E-state index is 0.637. The maximum atomic E-state index is 7.50. The van der Waals surface area contributed by atoms with Gasteiger partial charge in [-0.15, -0.1) is 0 Å². The van der Waals surface area contributed by atoms with Crippen LogP contribution in [0, 0.1) is 45.1 Å². The second-order valence-corrected chi connectivity index (χ2v) is 3.26. The molecule has 0 N–H and O–H groups in total. The average molecular weight is 364 g/mol. The van der Waals surface area contributed by atoms with E-state index >= 15 is 0 Å². The van der Waals surface area contributed by atoms with Crippen LogP contribution in [0.2, 0.25) is 0 Å². The Morgan fingerprint density at radius 2 is 1.33 bits per heavy atom. The van der Waals surface area contributed by atoms with Crippen LogP contribution in [-0.2, 0) is 43.8 Å². The fourth-order valence-corrected chi connectivity index (χ4v) is 1.32. The fraction of sp³-hybridized carbons (Fsp3) is 0.176. The van der Waals surface area contributed by atoms with Crippen molar-refractivity contribution in [2.45, 2.75) is 13.3 Å². The quantitative estimate of drug-likeness (QED) is 0.346. The standard InChI is InChI=1S/C12H12O.5CO.Cr/c1-2-3-7-10-13-11-12-8-5-4-6-9-12;5*1-2;/h4-6,8-9H,7,10H2,1H3;;;;;;.